The zero-order valence-electron chi connectivity index (χ0n) is 20.3. The molecule has 9 heteroatoms. The maximum Gasteiger partial charge on any atom is 0.274 e. The van der Waals surface area contributed by atoms with Gasteiger partial charge in [-0.05, 0) is 35.9 Å². The average molecular weight is 505 g/mol. The van der Waals surface area contributed by atoms with E-state index in [-0.39, 0.29) is 16.7 Å². The van der Waals surface area contributed by atoms with E-state index in [0.717, 1.165) is 25.7 Å². The number of hydrogen-bond donors (Lipinski definition) is 2. The molecule has 37 heavy (non-hydrogen) atoms. The molecule has 4 aromatic rings. The minimum Gasteiger partial charge on any atom is -0.379 e. The number of amides is 1. The summed E-state index contributed by atoms with van der Waals surface area (Å²) in [6.45, 7) is 4.41. The highest BCUT2D eigenvalue weighted by molar-refractivity contribution is 6.07. The van der Waals surface area contributed by atoms with Crippen molar-refractivity contribution in [3.63, 3.8) is 0 Å². The molecule has 3 heterocycles. The van der Waals surface area contributed by atoms with Crippen molar-refractivity contribution in [2.45, 2.75) is 19.4 Å². The summed E-state index contributed by atoms with van der Waals surface area (Å²) in [6, 6.07) is 17.5. The van der Waals surface area contributed by atoms with E-state index in [1.54, 1.807) is 36.4 Å². The van der Waals surface area contributed by atoms with Crippen molar-refractivity contribution in [1.82, 2.24) is 14.9 Å². The molecule has 2 N–H and O–H groups in total. The van der Waals surface area contributed by atoms with E-state index in [9.17, 15) is 18.4 Å². The third-order valence-electron chi connectivity index (χ3n) is 6.32. The van der Waals surface area contributed by atoms with Gasteiger partial charge in [0.15, 0.2) is 5.43 Å². The van der Waals surface area contributed by atoms with Gasteiger partial charge in [-0.3, -0.25) is 14.5 Å². The van der Waals surface area contributed by atoms with Crippen LogP contribution in [0.3, 0.4) is 0 Å². The SMILES string of the molecule is CC(F)(F)c1cccc(-c2cc(=O)c3cccc(NC(=O)c4cccc(CN5CCOCC5)n4)c3[nH]2)c1. The number of aromatic amines is 1. The van der Waals surface area contributed by atoms with Crippen molar-refractivity contribution in [2.75, 3.05) is 31.6 Å². The second-order valence-electron chi connectivity index (χ2n) is 9.10. The van der Waals surface area contributed by atoms with Gasteiger partial charge in [0.1, 0.15) is 5.69 Å². The number of aromatic nitrogens is 2. The number of fused-ring (bicyclic) bond motifs is 1. The fourth-order valence-corrected chi connectivity index (χ4v) is 4.36. The van der Waals surface area contributed by atoms with Crippen molar-refractivity contribution < 1.29 is 18.3 Å². The van der Waals surface area contributed by atoms with Crippen molar-refractivity contribution in [3.8, 4) is 11.3 Å². The highest BCUT2D eigenvalue weighted by Gasteiger charge is 2.24. The number of pyridine rings is 2. The molecule has 1 fully saturated rings. The number of hydrogen-bond acceptors (Lipinski definition) is 5. The first-order chi connectivity index (χ1) is 17.8. The topological polar surface area (TPSA) is 87.3 Å². The lowest BCUT2D eigenvalue weighted by Gasteiger charge is -2.26. The minimum absolute atomic E-state index is 0.157. The van der Waals surface area contributed by atoms with Crippen LogP contribution in [0.2, 0.25) is 0 Å². The highest BCUT2D eigenvalue weighted by atomic mass is 19.3. The van der Waals surface area contributed by atoms with Crippen LogP contribution >= 0.6 is 0 Å². The normalized spacial score (nSPS) is 14.6. The molecule has 1 saturated heterocycles. The molecule has 1 aliphatic heterocycles. The van der Waals surface area contributed by atoms with Crippen LogP contribution in [0.4, 0.5) is 14.5 Å². The smallest absolute Gasteiger partial charge is 0.274 e. The Balaban J connectivity index is 1.45. The second kappa shape index (κ2) is 10.2. The van der Waals surface area contributed by atoms with Crippen molar-refractivity contribution in [1.29, 1.82) is 0 Å². The first-order valence-corrected chi connectivity index (χ1v) is 12.0. The summed E-state index contributed by atoms with van der Waals surface area (Å²) in [5.74, 6) is -3.44. The summed E-state index contributed by atoms with van der Waals surface area (Å²) in [5.41, 5.74) is 2.17. The number of benzene rings is 2. The second-order valence-corrected chi connectivity index (χ2v) is 9.10. The molecule has 0 bridgehead atoms. The fourth-order valence-electron chi connectivity index (χ4n) is 4.36. The molecular formula is C28H26F2N4O3. The Morgan fingerprint density at radius 1 is 1.08 bits per heavy atom. The molecule has 0 spiro atoms. The van der Waals surface area contributed by atoms with Crippen molar-refractivity contribution >= 4 is 22.5 Å². The van der Waals surface area contributed by atoms with Gasteiger partial charge in [0.2, 0.25) is 0 Å². The summed E-state index contributed by atoms with van der Waals surface area (Å²) in [5, 5.41) is 3.22. The number of carbonyl (C=O) groups excluding carboxylic acids is 1. The Morgan fingerprint density at radius 3 is 2.62 bits per heavy atom. The lowest BCUT2D eigenvalue weighted by atomic mass is 10.0. The van der Waals surface area contributed by atoms with Crippen LogP contribution in [0.5, 0.6) is 0 Å². The number of anilines is 1. The molecule has 0 aliphatic carbocycles. The van der Waals surface area contributed by atoms with E-state index in [0.29, 0.717) is 47.6 Å². The minimum atomic E-state index is -3.02. The molecule has 5 rings (SSSR count). The molecule has 190 valence electrons. The van der Waals surface area contributed by atoms with Crippen LogP contribution < -0.4 is 10.7 Å². The Kier molecular flexibility index (Phi) is 6.82. The summed E-state index contributed by atoms with van der Waals surface area (Å²) in [6.07, 6.45) is 0. The van der Waals surface area contributed by atoms with Gasteiger partial charge in [0.25, 0.3) is 11.8 Å². The summed E-state index contributed by atoms with van der Waals surface area (Å²) in [7, 11) is 0. The largest absolute Gasteiger partial charge is 0.379 e. The van der Waals surface area contributed by atoms with Crippen molar-refractivity contribution in [3.05, 3.63) is 93.9 Å². The van der Waals surface area contributed by atoms with E-state index in [1.807, 2.05) is 6.07 Å². The molecule has 2 aromatic heterocycles. The number of nitrogens with zero attached hydrogens (tertiary/aromatic N) is 2. The van der Waals surface area contributed by atoms with Gasteiger partial charge in [-0.15, -0.1) is 0 Å². The van der Waals surface area contributed by atoms with Crippen LogP contribution in [-0.4, -0.2) is 47.1 Å². The predicted octanol–water partition coefficient (Wildman–Crippen LogP) is 4.79. The van der Waals surface area contributed by atoms with E-state index in [2.05, 4.69) is 20.2 Å². The number of H-pyrrole nitrogens is 1. The third-order valence-corrected chi connectivity index (χ3v) is 6.32. The monoisotopic (exact) mass is 504 g/mol. The van der Waals surface area contributed by atoms with Gasteiger partial charge in [-0.1, -0.05) is 30.3 Å². The van der Waals surface area contributed by atoms with Gasteiger partial charge in [0, 0.05) is 49.3 Å². The van der Waals surface area contributed by atoms with Crippen LogP contribution in [0.25, 0.3) is 22.2 Å². The predicted molar refractivity (Wildman–Crippen MR) is 138 cm³/mol. The number of nitrogens with one attached hydrogen (secondary N) is 2. The van der Waals surface area contributed by atoms with Crippen LogP contribution in [0.1, 0.15) is 28.7 Å². The number of morpholine rings is 1. The standard InChI is InChI=1S/C28H26F2N4O3/c1-28(29,30)19-6-2-5-18(15-19)24-16-25(35)21-8-4-9-22(26(21)32-24)33-27(36)23-10-3-7-20(31-23)17-34-11-13-37-14-12-34/h2-10,15-16H,11-14,17H2,1H3,(H,32,35)(H,33,36). The lowest BCUT2D eigenvalue weighted by Crippen LogP contribution is -2.36. The van der Waals surface area contributed by atoms with Gasteiger partial charge < -0.3 is 15.0 Å². The van der Waals surface area contributed by atoms with Gasteiger partial charge >= 0.3 is 0 Å². The first kappa shape index (κ1) is 24.7. The molecule has 0 unspecified atom stereocenters. The fraction of sp³-hybridized carbons (Fsp3) is 0.250. The van der Waals surface area contributed by atoms with E-state index >= 15 is 0 Å². The number of ether oxygens (including phenoxy) is 1. The van der Waals surface area contributed by atoms with Crippen molar-refractivity contribution in [2.24, 2.45) is 0 Å². The Morgan fingerprint density at radius 2 is 1.84 bits per heavy atom. The maximum atomic E-state index is 13.9. The molecule has 2 aromatic carbocycles. The Bertz CT molecular complexity index is 1510. The van der Waals surface area contributed by atoms with E-state index in [1.165, 1.54) is 24.3 Å². The molecule has 0 radical (unpaired) electrons. The average Bonchev–Trinajstić information content (AvgIpc) is 2.89. The Labute approximate surface area is 212 Å². The summed E-state index contributed by atoms with van der Waals surface area (Å²) < 4.78 is 33.1. The summed E-state index contributed by atoms with van der Waals surface area (Å²) >= 11 is 0. The molecule has 0 atom stereocenters. The molecule has 1 amide bonds. The quantitative estimate of drug-likeness (QED) is 0.395. The Hall–Kier alpha value is -3.95. The molecule has 0 saturated carbocycles. The zero-order valence-corrected chi connectivity index (χ0v) is 20.3. The van der Waals surface area contributed by atoms with Gasteiger partial charge in [-0.2, -0.15) is 0 Å². The van der Waals surface area contributed by atoms with E-state index < -0.39 is 11.8 Å². The van der Waals surface area contributed by atoms with Crippen LogP contribution in [-0.2, 0) is 17.2 Å². The highest BCUT2D eigenvalue weighted by Crippen LogP contribution is 2.30. The number of alkyl halides is 2. The van der Waals surface area contributed by atoms with Crippen LogP contribution in [0.15, 0.2) is 71.5 Å². The number of carbonyl (C=O) groups is 1. The van der Waals surface area contributed by atoms with Gasteiger partial charge in [0.05, 0.1) is 30.1 Å². The number of para-hydroxylation sites is 1. The lowest BCUT2D eigenvalue weighted by molar-refractivity contribution is 0.0175. The zero-order chi connectivity index (χ0) is 26.0. The maximum absolute atomic E-state index is 13.9. The molecule has 7 nitrogen and oxygen atoms in total. The number of halogens is 2. The summed E-state index contributed by atoms with van der Waals surface area (Å²) in [4.78, 5) is 35.9. The van der Waals surface area contributed by atoms with Crippen LogP contribution in [0, 0.1) is 0 Å². The van der Waals surface area contributed by atoms with Gasteiger partial charge in [-0.25, -0.2) is 13.8 Å². The van der Waals surface area contributed by atoms with E-state index in [4.69, 9.17) is 4.74 Å². The first-order valence-electron chi connectivity index (χ1n) is 12.0. The third kappa shape index (κ3) is 5.58. The molecular weight excluding hydrogens is 478 g/mol. The number of rotatable bonds is 6. The molecule has 1 aliphatic rings.